The van der Waals surface area contributed by atoms with Crippen molar-refractivity contribution in [2.75, 3.05) is 6.54 Å². The number of carbonyl (C=O) groups excluding carboxylic acids is 2. The van der Waals surface area contributed by atoms with Gasteiger partial charge in [-0.2, -0.15) is 0 Å². The highest BCUT2D eigenvalue weighted by Crippen LogP contribution is 2.48. The standard InChI is InChI=1S/C21H23NO5/c1-4-10-22-18(13-8-6-5-7-9-13)17-16(20(22)25)15(23)11-14(19(17)24)21(26)27-12(2)3/h5-9,11-12,18,23-24H,4,10H2,1-3H3. The van der Waals surface area contributed by atoms with E-state index in [1.807, 2.05) is 37.3 Å². The van der Waals surface area contributed by atoms with Gasteiger partial charge < -0.3 is 19.8 Å². The molecule has 2 aromatic carbocycles. The van der Waals surface area contributed by atoms with Gasteiger partial charge in [0.25, 0.3) is 5.91 Å². The fourth-order valence-corrected chi connectivity index (χ4v) is 3.47. The van der Waals surface area contributed by atoms with Crippen LogP contribution in [0.2, 0.25) is 0 Å². The maximum absolute atomic E-state index is 12.9. The molecule has 1 amide bonds. The highest BCUT2D eigenvalue weighted by Gasteiger charge is 2.43. The molecule has 2 N–H and O–H groups in total. The molecule has 0 radical (unpaired) electrons. The molecule has 0 saturated heterocycles. The predicted octanol–water partition coefficient (Wildman–Crippen LogP) is 3.62. The van der Waals surface area contributed by atoms with Gasteiger partial charge in [0.2, 0.25) is 0 Å². The number of amides is 1. The molecule has 0 fully saturated rings. The van der Waals surface area contributed by atoms with Crippen LogP contribution in [-0.2, 0) is 4.74 Å². The smallest absolute Gasteiger partial charge is 0.342 e. The van der Waals surface area contributed by atoms with Gasteiger partial charge in [0.1, 0.15) is 17.1 Å². The van der Waals surface area contributed by atoms with Crippen molar-refractivity contribution in [3.05, 3.63) is 58.7 Å². The molecule has 3 rings (SSSR count). The van der Waals surface area contributed by atoms with Gasteiger partial charge in [-0.25, -0.2) is 4.79 Å². The molecule has 1 heterocycles. The molecule has 0 aliphatic carbocycles. The Morgan fingerprint density at radius 1 is 1.22 bits per heavy atom. The minimum absolute atomic E-state index is 0.0379. The molecule has 1 unspecified atom stereocenters. The first kappa shape index (κ1) is 18.8. The molecule has 6 nitrogen and oxygen atoms in total. The van der Waals surface area contributed by atoms with E-state index in [9.17, 15) is 19.8 Å². The highest BCUT2D eigenvalue weighted by molar-refractivity contribution is 6.06. The lowest BCUT2D eigenvalue weighted by Crippen LogP contribution is -2.29. The number of aromatic hydroxyl groups is 2. The molecule has 1 aliphatic rings. The van der Waals surface area contributed by atoms with Crippen LogP contribution in [0.3, 0.4) is 0 Å². The van der Waals surface area contributed by atoms with Crippen molar-refractivity contribution in [1.82, 2.24) is 4.90 Å². The average Bonchev–Trinajstić information content (AvgIpc) is 2.92. The Morgan fingerprint density at radius 3 is 2.48 bits per heavy atom. The van der Waals surface area contributed by atoms with Crippen LogP contribution in [-0.4, -0.2) is 39.6 Å². The SMILES string of the molecule is CCCN1C(=O)c2c(O)cc(C(=O)OC(C)C)c(O)c2C1c1ccccc1. The normalized spacial score (nSPS) is 15.9. The Labute approximate surface area is 158 Å². The second-order valence-electron chi connectivity index (χ2n) is 6.85. The van der Waals surface area contributed by atoms with Crippen molar-refractivity contribution in [3.63, 3.8) is 0 Å². The van der Waals surface area contributed by atoms with E-state index in [1.165, 1.54) is 0 Å². The topological polar surface area (TPSA) is 87.1 Å². The van der Waals surface area contributed by atoms with Gasteiger partial charge in [-0.1, -0.05) is 37.3 Å². The molecule has 2 aromatic rings. The van der Waals surface area contributed by atoms with Gasteiger partial charge in [0, 0.05) is 12.1 Å². The lowest BCUT2D eigenvalue weighted by Gasteiger charge is -2.25. The van der Waals surface area contributed by atoms with Crippen LogP contribution in [0.5, 0.6) is 11.5 Å². The molecule has 1 aliphatic heterocycles. The molecule has 0 bridgehead atoms. The van der Waals surface area contributed by atoms with Crippen molar-refractivity contribution in [1.29, 1.82) is 0 Å². The summed E-state index contributed by atoms with van der Waals surface area (Å²) < 4.78 is 5.17. The summed E-state index contributed by atoms with van der Waals surface area (Å²) >= 11 is 0. The Kier molecular flexibility index (Phi) is 5.08. The number of hydrogen-bond donors (Lipinski definition) is 2. The zero-order valence-corrected chi connectivity index (χ0v) is 15.6. The summed E-state index contributed by atoms with van der Waals surface area (Å²) in [5.74, 6) is -1.76. The molecule has 1 atom stereocenters. The fraction of sp³-hybridized carbons (Fsp3) is 0.333. The summed E-state index contributed by atoms with van der Waals surface area (Å²) in [4.78, 5) is 26.9. The van der Waals surface area contributed by atoms with Crippen LogP contribution < -0.4 is 0 Å². The number of phenolic OH excluding ortho intramolecular Hbond substituents is 2. The van der Waals surface area contributed by atoms with E-state index in [1.54, 1.807) is 18.7 Å². The quantitative estimate of drug-likeness (QED) is 0.621. The Hall–Kier alpha value is -3.02. The largest absolute Gasteiger partial charge is 0.507 e. The van der Waals surface area contributed by atoms with Gasteiger partial charge in [0.15, 0.2) is 0 Å². The maximum Gasteiger partial charge on any atom is 0.342 e. The first-order valence-corrected chi connectivity index (χ1v) is 9.02. The summed E-state index contributed by atoms with van der Waals surface area (Å²) in [6.45, 7) is 5.80. The van der Waals surface area contributed by atoms with Crippen molar-refractivity contribution in [2.24, 2.45) is 0 Å². The molecule has 0 saturated carbocycles. The molecule has 0 aromatic heterocycles. The fourth-order valence-electron chi connectivity index (χ4n) is 3.47. The number of benzene rings is 2. The number of nitrogens with zero attached hydrogens (tertiary/aromatic N) is 1. The molecule has 142 valence electrons. The van der Waals surface area contributed by atoms with Gasteiger partial charge in [-0.05, 0) is 31.9 Å². The number of rotatable bonds is 5. The van der Waals surface area contributed by atoms with Gasteiger partial charge >= 0.3 is 5.97 Å². The number of hydrogen-bond acceptors (Lipinski definition) is 5. The minimum atomic E-state index is -0.742. The lowest BCUT2D eigenvalue weighted by atomic mass is 9.94. The van der Waals surface area contributed by atoms with Crippen molar-refractivity contribution < 1.29 is 24.5 Å². The van der Waals surface area contributed by atoms with Crippen LogP contribution in [0.15, 0.2) is 36.4 Å². The molecule has 6 heteroatoms. The third-order valence-electron chi connectivity index (χ3n) is 4.52. The molecular weight excluding hydrogens is 346 g/mol. The van der Waals surface area contributed by atoms with Gasteiger partial charge in [0.05, 0.1) is 17.7 Å². The number of phenols is 2. The second-order valence-corrected chi connectivity index (χ2v) is 6.85. The van der Waals surface area contributed by atoms with Gasteiger partial charge in [-0.15, -0.1) is 0 Å². The monoisotopic (exact) mass is 369 g/mol. The second kappa shape index (κ2) is 7.31. The first-order valence-electron chi connectivity index (χ1n) is 9.02. The van der Waals surface area contributed by atoms with Crippen LogP contribution in [0.4, 0.5) is 0 Å². The van der Waals surface area contributed by atoms with Crippen molar-refractivity contribution >= 4 is 11.9 Å². The van der Waals surface area contributed by atoms with E-state index in [0.29, 0.717) is 13.0 Å². The summed E-state index contributed by atoms with van der Waals surface area (Å²) in [7, 11) is 0. The van der Waals surface area contributed by atoms with E-state index >= 15 is 0 Å². The van der Waals surface area contributed by atoms with Crippen molar-refractivity contribution in [2.45, 2.75) is 39.3 Å². The Morgan fingerprint density at radius 2 is 1.89 bits per heavy atom. The van der Waals surface area contributed by atoms with Gasteiger partial charge in [-0.3, -0.25) is 4.79 Å². The van der Waals surface area contributed by atoms with Crippen LogP contribution in [0, 0.1) is 0 Å². The van der Waals surface area contributed by atoms with E-state index in [2.05, 4.69) is 0 Å². The summed E-state index contributed by atoms with van der Waals surface area (Å²) in [6.07, 6.45) is 0.336. The zero-order valence-electron chi connectivity index (χ0n) is 15.6. The first-order chi connectivity index (χ1) is 12.9. The van der Waals surface area contributed by atoms with E-state index < -0.39 is 12.0 Å². The third kappa shape index (κ3) is 3.23. The zero-order chi connectivity index (χ0) is 19.7. The Bertz CT molecular complexity index is 876. The Balaban J connectivity index is 2.22. The van der Waals surface area contributed by atoms with Crippen LogP contribution >= 0.6 is 0 Å². The van der Waals surface area contributed by atoms with E-state index in [0.717, 1.165) is 11.6 Å². The van der Waals surface area contributed by atoms with E-state index in [4.69, 9.17) is 4.74 Å². The minimum Gasteiger partial charge on any atom is -0.507 e. The number of ether oxygens (including phenoxy) is 1. The number of fused-ring (bicyclic) bond motifs is 1. The number of esters is 1. The summed E-state index contributed by atoms with van der Waals surface area (Å²) in [6, 6.07) is 9.78. The average molecular weight is 369 g/mol. The summed E-state index contributed by atoms with van der Waals surface area (Å²) in [5.41, 5.74) is 0.931. The molecule has 0 spiro atoms. The highest BCUT2D eigenvalue weighted by atomic mass is 16.5. The van der Waals surface area contributed by atoms with Crippen LogP contribution in [0.1, 0.15) is 65.1 Å². The van der Waals surface area contributed by atoms with E-state index in [-0.39, 0.29) is 40.2 Å². The molecular formula is C21H23NO5. The summed E-state index contributed by atoms with van der Waals surface area (Å²) in [5, 5.41) is 21.3. The predicted molar refractivity (Wildman–Crippen MR) is 99.9 cm³/mol. The lowest BCUT2D eigenvalue weighted by molar-refractivity contribution is 0.0373. The van der Waals surface area contributed by atoms with Crippen molar-refractivity contribution in [3.8, 4) is 11.5 Å². The number of carbonyl (C=O) groups is 2. The van der Waals surface area contributed by atoms with Crippen LogP contribution in [0.25, 0.3) is 0 Å². The third-order valence-corrected chi connectivity index (χ3v) is 4.52. The molecule has 27 heavy (non-hydrogen) atoms. The maximum atomic E-state index is 12.9.